The fraction of sp³-hybridized carbons (Fsp3) is 0.0833. The molecule has 12 heteroatoms. The molecule has 184 valence electrons. The first-order valence-corrected chi connectivity index (χ1v) is 10.6. The van der Waals surface area contributed by atoms with Gasteiger partial charge in [-0.3, -0.25) is 0 Å². The Morgan fingerprint density at radius 1 is 0.778 bits per heavy atom. The molecule has 2 aromatic heterocycles. The molecule has 4 N–H and O–H groups in total. The van der Waals surface area contributed by atoms with Crippen molar-refractivity contribution >= 4 is 40.5 Å². The summed E-state index contributed by atoms with van der Waals surface area (Å²) < 4.78 is 40.5. The van der Waals surface area contributed by atoms with Crippen LogP contribution in [0.3, 0.4) is 0 Å². The number of urea groups is 1. The number of benzene rings is 2. The summed E-state index contributed by atoms with van der Waals surface area (Å²) in [4.78, 5) is 25.2. The van der Waals surface area contributed by atoms with Gasteiger partial charge in [0.25, 0.3) is 0 Å². The maximum atomic E-state index is 12.2. The van der Waals surface area contributed by atoms with Crippen molar-refractivity contribution in [1.82, 2.24) is 15.0 Å². The molecule has 2 heterocycles. The van der Waals surface area contributed by atoms with Gasteiger partial charge in [-0.05, 0) is 67.6 Å². The number of nitrogens with one attached hydrogen (secondary N) is 4. The van der Waals surface area contributed by atoms with Gasteiger partial charge in [0.1, 0.15) is 29.0 Å². The lowest BCUT2D eigenvalue weighted by Crippen LogP contribution is -2.19. The van der Waals surface area contributed by atoms with Gasteiger partial charge in [0.15, 0.2) is 0 Å². The molecule has 0 saturated carbocycles. The Morgan fingerprint density at radius 2 is 1.36 bits per heavy atom. The number of nitrogens with zero attached hydrogens (tertiary/aromatic N) is 3. The number of carbonyl (C=O) groups is 1. The van der Waals surface area contributed by atoms with Crippen molar-refractivity contribution in [2.75, 3.05) is 21.3 Å². The van der Waals surface area contributed by atoms with Crippen LogP contribution >= 0.6 is 0 Å². The molecule has 0 aliphatic carbocycles. The van der Waals surface area contributed by atoms with E-state index in [1.54, 1.807) is 43.5 Å². The highest BCUT2D eigenvalue weighted by atomic mass is 19.4. The smallest absolute Gasteiger partial charge is 0.406 e. The number of hydrogen-bond acceptors (Lipinski definition) is 7. The molecular weight excluding hydrogens is 475 g/mol. The van der Waals surface area contributed by atoms with E-state index in [0.717, 1.165) is 17.8 Å². The summed E-state index contributed by atoms with van der Waals surface area (Å²) in [6, 6.07) is 18.4. The van der Waals surface area contributed by atoms with Crippen LogP contribution in [0.1, 0.15) is 5.82 Å². The van der Waals surface area contributed by atoms with Gasteiger partial charge in [0.05, 0.1) is 0 Å². The number of aryl methyl sites for hydroxylation is 1. The van der Waals surface area contributed by atoms with Crippen molar-refractivity contribution in [2.24, 2.45) is 0 Å². The van der Waals surface area contributed by atoms with E-state index in [1.807, 2.05) is 18.2 Å². The molecule has 0 radical (unpaired) electrons. The quantitative estimate of drug-likeness (QED) is 0.241. The maximum Gasteiger partial charge on any atom is 0.573 e. The molecule has 0 unspecified atom stereocenters. The van der Waals surface area contributed by atoms with E-state index in [1.165, 1.54) is 12.1 Å². The van der Waals surface area contributed by atoms with Crippen molar-refractivity contribution in [3.8, 4) is 5.75 Å². The summed E-state index contributed by atoms with van der Waals surface area (Å²) in [5.41, 5.74) is 1.53. The fourth-order valence-corrected chi connectivity index (χ4v) is 3.08. The Balaban J connectivity index is 1.33. The first kappa shape index (κ1) is 24.3. The van der Waals surface area contributed by atoms with Crippen molar-refractivity contribution in [2.45, 2.75) is 13.3 Å². The number of aromatic nitrogens is 3. The van der Waals surface area contributed by atoms with Gasteiger partial charge in [0, 0.05) is 29.3 Å². The van der Waals surface area contributed by atoms with Gasteiger partial charge in [-0.15, -0.1) is 13.2 Å². The third kappa shape index (κ3) is 7.32. The Kier molecular flexibility index (Phi) is 7.14. The van der Waals surface area contributed by atoms with Gasteiger partial charge < -0.3 is 26.0 Å². The van der Waals surface area contributed by atoms with E-state index in [4.69, 9.17) is 0 Å². The number of pyridine rings is 1. The summed E-state index contributed by atoms with van der Waals surface area (Å²) in [7, 11) is 0. The molecule has 2 amide bonds. The molecule has 2 aromatic carbocycles. The van der Waals surface area contributed by atoms with Crippen LogP contribution in [0.4, 0.5) is 52.5 Å². The number of rotatable bonds is 7. The molecule has 0 atom stereocenters. The monoisotopic (exact) mass is 495 g/mol. The molecule has 0 spiro atoms. The highest BCUT2D eigenvalue weighted by molar-refractivity contribution is 5.99. The second kappa shape index (κ2) is 10.6. The van der Waals surface area contributed by atoms with Crippen LogP contribution in [0.5, 0.6) is 5.75 Å². The Bertz CT molecular complexity index is 1320. The molecule has 4 aromatic rings. The topological polar surface area (TPSA) is 113 Å². The number of ether oxygens (including phenoxy) is 1. The van der Waals surface area contributed by atoms with E-state index >= 15 is 0 Å². The lowest BCUT2D eigenvalue weighted by molar-refractivity contribution is -0.274. The zero-order valence-corrected chi connectivity index (χ0v) is 18.8. The third-order valence-electron chi connectivity index (χ3n) is 4.52. The van der Waals surface area contributed by atoms with Gasteiger partial charge in [-0.1, -0.05) is 6.07 Å². The zero-order chi connectivity index (χ0) is 25.5. The summed E-state index contributed by atoms with van der Waals surface area (Å²) in [6.07, 6.45) is -3.10. The van der Waals surface area contributed by atoms with E-state index in [9.17, 15) is 18.0 Å². The highest BCUT2D eigenvalue weighted by Gasteiger charge is 2.30. The average Bonchev–Trinajstić information content (AvgIpc) is 2.81. The van der Waals surface area contributed by atoms with Crippen molar-refractivity contribution in [3.63, 3.8) is 0 Å². The second-order valence-corrected chi connectivity index (χ2v) is 7.38. The highest BCUT2D eigenvalue weighted by Crippen LogP contribution is 2.24. The third-order valence-corrected chi connectivity index (χ3v) is 4.52. The number of alkyl halides is 3. The Hall–Kier alpha value is -4.87. The summed E-state index contributed by atoms with van der Waals surface area (Å²) in [6.45, 7) is 1.78. The van der Waals surface area contributed by atoms with Gasteiger partial charge in [-0.2, -0.15) is 0 Å². The first-order valence-electron chi connectivity index (χ1n) is 10.6. The average molecular weight is 495 g/mol. The van der Waals surface area contributed by atoms with Crippen molar-refractivity contribution in [3.05, 3.63) is 84.8 Å². The molecule has 0 aliphatic rings. The molecule has 0 aliphatic heterocycles. The minimum absolute atomic E-state index is 0.301. The number of carbonyl (C=O) groups excluding carboxylic acids is 1. The Labute approximate surface area is 203 Å². The maximum absolute atomic E-state index is 12.2. The van der Waals surface area contributed by atoms with Crippen LogP contribution in [0.25, 0.3) is 0 Å². The lowest BCUT2D eigenvalue weighted by Gasteiger charge is -2.12. The fourth-order valence-electron chi connectivity index (χ4n) is 3.08. The number of halogens is 3. The molecular formula is C24H20F3N7O2. The number of amides is 2. The summed E-state index contributed by atoms with van der Waals surface area (Å²) in [5.74, 6) is 1.98. The lowest BCUT2D eigenvalue weighted by atomic mass is 10.2. The standard InChI is InChI=1S/C24H20F3N7O2/c1-15-29-21(14-22(30-15)34-20-4-2-3-13-28-20)31-16-5-7-17(8-6-16)32-23(35)33-18-9-11-19(12-10-18)36-24(25,26)27/h2-14H,1H3,(H2,32,33,35)(H2,28,29,30,31,34). The van der Waals surface area contributed by atoms with E-state index in [2.05, 4.69) is 41.0 Å². The largest absolute Gasteiger partial charge is 0.573 e. The van der Waals surface area contributed by atoms with Gasteiger partial charge in [-0.25, -0.2) is 19.7 Å². The molecule has 0 saturated heterocycles. The summed E-state index contributed by atoms with van der Waals surface area (Å²) >= 11 is 0. The predicted molar refractivity (Wildman–Crippen MR) is 130 cm³/mol. The van der Waals surface area contributed by atoms with E-state index in [0.29, 0.717) is 34.7 Å². The SMILES string of the molecule is Cc1nc(Nc2ccc(NC(=O)Nc3ccc(OC(F)(F)F)cc3)cc2)cc(Nc2ccccn2)n1. The minimum atomic E-state index is -4.78. The summed E-state index contributed by atoms with van der Waals surface area (Å²) in [5, 5.41) is 11.5. The molecule has 4 rings (SSSR count). The van der Waals surface area contributed by atoms with Gasteiger partial charge >= 0.3 is 12.4 Å². The van der Waals surface area contributed by atoms with Crippen LogP contribution < -0.4 is 26.0 Å². The van der Waals surface area contributed by atoms with E-state index < -0.39 is 12.4 Å². The predicted octanol–water partition coefficient (Wildman–Crippen LogP) is 6.21. The van der Waals surface area contributed by atoms with Crippen LogP contribution in [0, 0.1) is 6.92 Å². The molecule has 0 fully saturated rings. The van der Waals surface area contributed by atoms with Crippen molar-refractivity contribution < 1.29 is 22.7 Å². The molecule has 9 nitrogen and oxygen atoms in total. The van der Waals surface area contributed by atoms with Crippen molar-refractivity contribution in [1.29, 1.82) is 0 Å². The number of hydrogen-bond donors (Lipinski definition) is 4. The Morgan fingerprint density at radius 3 is 1.94 bits per heavy atom. The normalized spacial score (nSPS) is 10.9. The zero-order valence-electron chi connectivity index (χ0n) is 18.8. The minimum Gasteiger partial charge on any atom is -0.406 e. The second-order valence-electron chi connectivity index (χ2n) is 7.38. The molecule has 36 heavy (non-hydrogen) atoms. The van der Waals surface area contributed by atoms with Crippen LogP contribution in [0.2, 0.25) is 0 Å². The number of anilines is 6. The van der Waals surface area contributed by atoms with Crippen LogP contribution in [0.15, 0.2) is 79.0 Å². The van der Waals surface area contributed by atoms with Gasteiger partial charge in [0.2, 0.25) is 0 Å². The van der Waals surface area contributed by atoms with Crippen LogP contribution in [-0.2, 0) is 0 Å². The molecule has 0 bridgehead atoms. The van der Waals surface area contributed by atoms with Crippen LogP contribution in [-0.4, -0.2) is 27.3 Å². The van der Waals surface area contributed by atoms with E-state index in [-0.39, 0.29) is 5.75 Å². The first-order chi connectivity index (χ1) is 17.2.